The fourth-order valence-electron chi connectivity index (χ4n) is 2.17. The molecule has 2 N–H and O–H groups in total. The number of hydrogen-bond acceptors (Lipinski definition) is 3. The molecule has 0 radical (unpaired) electrons. The number of carbonyl (C=O) groups excluding carboxylic acids is 1. The Morgan fingerprint density at radius 1 is 1.27 bits per heavy atom. The van der Waals surface area contributed by atoms with Gasteiger partial charge in [-0.2, -0.15) is 0 Å². The third kappa shape index (κ3) is 5.16. The first-order valence-electron chi connectivity index (χ1n) is 7.37. The molecule has 0 aliphatic carbocycles. The van der Waals surface area contributed by atoms with E-state index < -0.39 is 0 Å². The molecule has 0 fully saturated rings. The van der Waals surface area contributed by atoms with Gasteiger partial charge in [-0.3, -0.25) is 0 Å². The van der Waals surface area contributed by atoms with Gasteiger partial charge in [-0.1, -0.05) is 12.1 Å². The van der Waals surface area contributed by atoms with E-state index in [9.17, 15) is 4.79 Å². The number of urea groups is 1. The molecule has 1 heterocycles. The number of nitrogens with one attached hydrogen (secondary N) is 2. The maximum atomic E-state index is 11.8. The predicted molar refractivity (Wildman–Crippen MR) is 85.1 cm³/mol. The van der Waals surface area contributed by atoms with E-state index in [1.807, 2.05) is 43.3 Å². The Bertz CT molecular complexity index is 564. The van der Waals surface area contributed by atoms with Gasteiger partial charge in [0.25, 0.3) is 0 Å². The summed E-state index contributed by atoms with van der Waals surface area (Å²) in [5.41, 5.74) is 1.16. The summed E-state index contributed by atoms with van der Waals surface area (Å²) in [7, 11) is 1.64. The maximum absolute atomic E-state index is 11.8. The van der Waals surface area contributed by atoms with Crippen LogP contribution in [-0.4, -0.2) is 25.7 Å². The highest BCUT2D eigenvalue weighted by Gasteiger charge is 2.09. The third-order valence-electron chi connectivity index (χ3n) is 3.32. The van der Waals surface area contributed by atoms with Crippen LogP contribution in [-0.2, 0) is 12.8 Å². The molecule has 0 spiro atoms. The van der Waals surface area contributed by atoms with Crippen molar-refractivity contribution in [2.75, 3.05) is 13.7 Å². The highest BCUT2D eigenvalue weighted by atomic mass is 16.5. The van der Waals surface area contributed by atoms with Crippen molar-refractivity contribution >= 4 is 6.03 Å². The highest BCUT2D eigenvalue weighted by molar-refractivity contribution is 5.74. The normalized spacial score (nSPS) is 11.7. The number of hydrogen-bond donors (Lipinski definition) is 2. The molecule has 2 aromatic rings. The lowest BCUT2D eigenvalue weighted by molar-refractivity contribution is 0.237. The van der Waals surface area contributed by atoms with Crippen molar-refractivity contribution in [3.8, 4) is 5.75 Å². The van der Waals surface area contributed by atoms with Crippen molar-refractivity contribution in [3.05, 3.63) is 54.0 Å². The number of ether oxygens (including phenoxy) is 1. The van der Waals surface area contributed by atoms with E-state index in [2.05, 4.69) is 10.6 Å². The van der Waals surface area contributed by atoms with Crippen LogP contribution in [0.4, 0.5) is 4.79 Å². The second-order valence-corrected chi connectivity index (χ2v) is 5.18. The summed E-state index contributed by atoms with van der Waals surface area (Å²) < 4.78 is 10.4. The second-order valence-electron chi connectivity index (χ2n) is 5.18. The predicted octanol–water partition coefficient (Wildman–Crippen LogP) is 2.76. The summed E-state index contributed by atoms with van der Waals surface area (Å²) in [6.45, 7) is 2.54. The Morgan fingerprint density at radius 2 is 2.05 bits per heavy atom. The Kier molecular flexibility index (Phi) is 5.89. The maximum Gasteiger partial charge on any atom is 0.315 e. The van der Waals surface area contributed by atoms with Gasteiger partial charge in [0.05, 0.1) is 13.4 Å². The van der Waals surface area contributed by atoms with E-state index in [4.69, 9.17) is 9.15 Å². The van der Waals surface area contributed by atoms with Gasteiger partial charge in [0.1, 0.15) is 11.5 Å². The molecule has 0 saturated heterocycles. The van der Waals surface area contributed by atoms with Gasteiger partial charge in [0.2, 0.25) is 0 Å². The number of amides is 2. The molecular weight excluding hydrogens is 280 g/mol. The molecule has 0 aliphatic rings. The van der Waals surface area contributed by atoms with Crippen LogP contribution in [0.5, 0.6) is 5.75 Å². The summed E-state index contributed by atoms with van der Waals surface area (Å²) >= 11 is 0. The van der Waals surface area contributed by atoms with Crippen molar-refractivity contribution in [1.29, 1.82) is 0 Å². The van der Waals surface area contributed by atoms with Crippen LogP contribution in [0.3, 0.4) is 0 Å². The van der Waals surface area contributed by atoms with Crippen LogP contribution in [0.2, 0.25) is 0 Å². The molecular formula is C17H22N2O3. The van der Waals surface area contributed by atoms with Crippen molar-refractivity contribution in [1.82, 2.24) is 10.6 Å². The van der Waals surface area contributed by atoms with Crippen LogP contribution in [0.25, 0.3) is 0 Å². The van der Waals surface area contributed by atoms with E-state index in [-0.39, 0.29) is 12.1 Å². The van der Waals surface area contributed by atoms with Crippen molar-refractivity contribution < 1.29 is 13.9 Å². The SMILES string of the molecule is COc1ccc(CCNC(=O)N[C@@H](C)Cc2ccco2)cc1. The Balaban J connectivity index is 1.66. The van der Waals surface area contributed by atoms with E-state index in [0.717, 1.165) is 23.5 Å². The number of carbonyl (C=O) groups is 1. The van der Waals surface area contributed by atoms with E-state index in [1.54, 1.807) is 13.4 Å². The van der Waals surface area contributed by atoms with Crippen molar-refractivity contribution in [2.45, 2.75) is 25.8 Å². The fourth-order valence-corrected chi connectivity index (χ4v) is 2.17. The van der Waals surface area contributed by atoms with Gasteiger partial charge in [-0.05, 0) is 43.2 Å². The van der Waals surface area contributed by atoms with Crippen LogP contribution in [0.1, 0.15) is 18.2 Å². The molecule has 0 saturated carbocycles. The van der Waals surface area contributed by atoms with Gasteiger partial charge in [-0.15, -0.1) is 0 Å². The summed E-state index contributed by atoms with van der Waals surface area (Å²) in [6, 6.07) is 11.4. The fraction of sp³-hybridized carbons (Fsp3) is 0.353. The largest absolute Gasteiger partial charge is 0.497 e. The van der Waals surface area contributed by atoms with Crippen LogP contribution in [0.15, 0.2) is 47.1 Å². The monoisotopic (exact) mass is 302 g/mol. The molecule has 5 heteroatoms. The van der Waals surface area contributed by atoms with Crippen LogP contribution >= 0.6 is 0 Å². The smallest absolute Gasteiger partial charge is 0.315 e. The zero-order chi connectivity index (χ0) is 15.8. The Labute approximate surface area is 130 Å². The first-order valence-corrected chi connectivity index (χ1v) is 7.37. The summed E-state index contributed by atoms with van der Waals surface area (Å²) in [4.78, 5) is 11.8. The lowest BCUT2D eigenvalue weighted by Gasteiger charge is -2.13. The van der Waals surface area contributed by atoms with Gasteiger partial charge >= 0.3 is 6.03 Å². The molecule has 1 aromatic carbocycles. The summed E-state index contributed by atoms with van der Waals surface area (Å²) in [5.74, 6) is 1.70. The third-order valence-corrected chi connectivity index (χ3v) is 3.32. The standard InChI is InChI=1S/C17H22N2O3/c1-13(12-16-4-3-11-22-16)19-17(20)18-10-9-14-5-7-15(21-2)8-6-14/h3-8,11,13H,9-10,12H2,1-2H3,(H2,18,19,20)/t13-/m0/s1. The molecule has 2 amide bonds. The second kappa shape index (κ2) is 8.12. The molecule has 22 heavy (non-hydrogen) atoms. The highest BCUT2D eigenvalue weighted by Crippen LogP contribution is 2.11. The molecule has 1 atom stereocenters. The minimum absolute atomic E-state index is 0.0205. The molecule has 1 aromatic heterocycles. The summed E-state index contributed by atoms with van der Waals surface area (Å²) in [5, 5.41) is 5.75. The summed E-state index contributed by atoms with van der Waals surface area (Å²) in [6.07, 6.45) is 3.10. The van der Waals surface area contributed by atoms with Crippen LogP contribution in [0, 0.1) is 0 Å². The molecule has 118 valence electrons. The Morgan fingerprint density at radius 3 is 2.68 bits per heavy atom. The zero-order valence-electron chi connectivity index (χ0n) is 13.0. The average Bonchev–Trinajstić information content (AvgIpc) is 3.00. The molecule has 2 rings (SSSR count). The van der Waals surface area contributed by atoms with E-state index in [1.165, 1.54) is 0 Å². The number of rotatable bonds is 7. The van der Waals surface area contributed by atoms with Gasteiger partial charge < -0.3 is 19.8 Å². The van der Waals surface area contributed by atoms with Crippen molar-refractivity contribution in [2.24, 2.45) is 0 Å². The number of furan rings is 1. The Hall–Kier alpha value is -2.43. The number of methoxy groups -OCH3 is 1. The van der Waals surface area contributed by atoms with Crippen molar-refractivity contribution in [3.63, 3.8) is 0 Å². The quantitative estimate of drug-likeness (QED) is 0.826. The minimum atomic E-state index is -0.160. The van der Waals surface area contributed by atoms with Gasteiger partial charge in [-0.25, -0.2) is 4.79 Å². The first-order chi connectivity index (χ1) is 10.7. The van der Waals surface area contributed by atoms with E-state index in [0.29, 0.717) is 13.0 Å². The molecule has 0 bridgehead atoms. The lowest BCUT2D eigenvalue weighted by Crippen LogP contribution is -2.42. The zero-order valence-corrected chi connectivity index (χ0v) is 13.0. The topological polar surface area (TPSA) is 63.5 Å². The lowest BCUT2D eigenvalue weighted by atomic mass is 10.1. The van der Waals surface area contributed by atoms with E-state index >= 15 is 0 Å². The molecule has 0 aliphatic heterocycles. The van der Waals surface area contributed by atoms with Crippen LogP contribution < -0.4 is 15.4 Å². The molecule has 0 unspecified atom stereocenters. The van der Waals surface area contributed by atoms with Gasteiger partial charge in [0.15, 0.2) is 0 Å². The average molecular weight is 302 g/mol. The molecule has 5 nitrogen and oxygen atoms in total. The minimum Gasteiger partial charge on any atom is -0.497 e. The van der Waals surface area contributed by atoms with Gasteiger partial charge in [0, 0.05) is 19.0 Å². The first kappa shape index (κ1) is 15.9. The number of benzene rings is 1.